The van der Waals surface area contributed by atoms with Crippen LogP contribution in [0.2, 0.25) is 0 Å². The van der Waals surface area contributed by atoms with E-state index in [1.165, 1.54) is 24.3 Å². The Bertz CT molecular complexity index is 1010. The summed E-state index contributed by atoms with van der Waals surface area (Å²) < 4.78 is 32.4. The fourth-order valence-corrected chi connectivity index (χ4v) is 2.75. The van der Waals surface area contributed by atoms with Gasteiger partial charge >= 0.3 is 0 Å². The molecular weight excluding hydrogens is 378 g/mol. The first-order chi connectivity index (χ1) is 14.0. The monoisotopic (exact) mass is 396 g/mol. The molecule has 148 valence electrons. The second kappa shape index (κ2) is 9.05. The lowest BCUT2D eigenvalue weighted by atomic mass is 10.0. The summed E-state index contributed by atoms with van der Waals surface area (Å²) >= 11 is 0. The summed E-state index contributed by atoms with van der Waals surface area (Å²) in [5, 5.41) is 2.83. The zero-order valence-electron chi connectivity index (χ0n) is 15.6. The molecule has 1 amide bonds. The van der Waals surface area contributed by atoms with Gasteiger partial charge in [0.15, 0.2) is 0 Å². The summed E-state index contributed by atoms with van der Waals surface area (Å²) in [5.74, 6) is -1.53. The van der Waals surface area contributed by atoms with E-state index in [0.29, 0.717) is 12.0 Å². The Kier molecular flexibility index (Phi) is 6.29. The standard InChI is InChI=1S/C22H18F2N2O3/c1-2-20(15-5-3-14(13-27)4-6-15)26-21(28)19-11-17(24)12-25-22(19)29-18-9-7-16(23)8-10-18/h3-13,20H,2H2,1H3,(H,26,28). The van der Waals surface area contributed by atoms with E-state index in [0.717, 1.165) is 24.1 Å². The summed E-state index contributed by atoms with van der Waals surface area (Å²) in [6.45, 7) is 1.89. The van der Waals surface area contributed by atoms with Gasteiger partial charge in [-0.1, -0.05) is 31.2 Å². The Balaban J connectivity index is 1.83. The number of amides is 1. The van der Waals surface area contributed by atoms with Crippen molar-refractivity contribution >= 4 is 12.2 Å². The van der Waals surface area contributed by atoms with Crippen LogP contribution in [-0.2, 0) is 0 Å². The number of carbonyl (C=O) groups excluding carboxylic acids is 2. The van der Waals surface area contributed by atoms with Crippen LogP contribution in [0.3, 0.4) is 0 Å². The number of ether oxygens (including phenoxy) is 1. The minimum atomic E-state index is -0.690. The molecule has 7 heteroatoms. The van der Waals surface area contributed by atoms with Gasteiger partial charge in [0.25, 0.3) is 5.91 Å². The van der Waals surface area contributed by atoms with Gasteiger partial charge < -0.3 is 10.1 Å². The molecule has 0 aliphatic rings. The molecule has 5 nitrogen and oxygen atoms in total. The number of aldehydes is 1. The van der Waals surface area contributed by atoms with Crippen LogP contribution in [0.4, 0.5) is 8.78 Å². The second-order valence-electron chi connectivity index (χ2n) is 6.28. The number of pyridine rings is 1. The number of nitrogens with zero attached hydrogens (tertiary/aromatic N) is 1. The lowest BCUT2D eigenvalue weighted by Crippen LogP contribution is -2.28. The van der Waals surface area contributed by atoms with Crippen molar-refractivity contribution in [3.8, 4) is 11.6 Å². The SMILES string of the molecule is CCC(NC(=O)c1cc(F)cnc1Oc1ccc(F)cc1)c1ccc(C=O)cc1. The molecule has 1 heterocycles. The van der Waals surface area contributed by atoms with Crippen LogP contribution in [-0.4, -0.2) is 17.2 Å². The van der Waals surface area contributed by atoms with Crippen LogP contribution in [0, 0.1) is 11.6 Å². The summed E-state index contributed by atoms with van der Waals surface area (Å²) in [6.07, 6.45) is 2.24. The van der Waals surface area contributed by atoms with Crippen molar-refractivity contribution < 1.29 is 23.1 Å². The first-order valence-electron chi connectivity index (χ1n) is 8.95. The largest absolute Gasteiger partial charge is 0.438 e. The fourth-order valence-electron chi connectivity index (χ4n) is 2.75. The van der Waals surface area contributed by atoms with Crippen LogP contribution in [0.25, 0.3) is 0 Å². The molecule has 1 atom stereocenters. The third-order valence-corrected chi connectivity index (χ3v) is 4.28. The minimum absolute atomic E-state index is 0.0858. The predicted molar refractivity (Wildman–Crippen MR) is 103 cm³/mol. The van der Waals surface area contributed by atoms with Crippen molar-refractivity contribution in [1.82, 2.24) is 10.3 Å². The van der Waals surface area contributed by atoms with Gasteiger partial charge in [0.05, 0.1) is 12.2 Å². The molecule has 2 aromatic carbocycles. The minimum Gasteiger partial charge on any atom is -0.438 e. The maximum absolute atomic E-state index is 13.7. The third-order valence-electron chi connectivity index (χ3n) is 4.28. The van der Waals surface area contributed by atoms with Gasteiger partial charge in [0.2, 0.25) is 5.88 Å². The van der Waals surface area contributed by atoms with Crippen molar-refractivity contribution in [3.63, 3.8) is 0 Å². The lowest BCUT2D eigenvalue weighted by molar-refractivity contribution is 0.0931. The third kappa shape index (κ3) is 5.01. The average Bonchev–Trinajstić information content (AvgIpc) is 2.74. The maximum Gasteiger partial charge on any atom is 0.257 e. The molecule has 3 aromatic rings. The molecule has 1 aromatic heterocycles. The molecule has 0 spiro atoms. The number of benzene rings is 2. The molecule has 3 rings (SSSR count). The van der Waals surface area contributed by atoms with Gasteiger partial charge in [-0.15, -0.1) is 0 Å². The highest BCUT2D eigenvalue weighted by Crippen LogP contribution is 2.25. The summed E-state index contributed by atoms with van der Waals surface area (Å²) in [4.78, 5) is 27.5. The van der Waals surface area contributed by atoms with Crippen LogP contribution < -0.4 is 10.1 Å². The first kappa shape index (κ1) is 20.1. The number of hydrogen-bond acceptors (Lipinski definition) is 4. The van der Waals surface area contributed by atoms with Crippen LogP contribution in [0.1, 0.15) is 45.7 Å². The van der Waals surface area contributed by atoms with Crippen molar-refractivity contribution in [2.45, 2.75) is 19.4 Å². The van der Waals surface area contributed by atoms with Gasteiger partial charge in [-0.25, -0.2) is 13.8 Å². The van der Waals surface area contributed by atoms with Crippen molar-refractivity contribution in [2.75, 3.05) is 0 Å². The van der Waals surface area contributed by atoms with Crippen molar-refractivity contribution in [2.24, 2.45) is 0 Å². The van der Waals surface area contributed by atoms with Crippen LogP contribution >= 0.6 is 0 Å². The van der Waals surface area contributed by atoms with Crippen molar-refractivity contribution in [1.29, 1.82) is 0 Å². The zero-order chi connectivity index (χ0) is 20.8. The highest BCUT2D eigenvalue weighted by atomic mass is 19.1. The van der Waals surface area contributed by atoms with E-state index in [9.17, 15) is 18.4 Å². The molecule has 0 bridgehead atoms. The summed E-state index contributed by atoms with van der Waals surface area (Å²) in [5.41, 5.74) is 1.24. The Hall–Kier alpha value is -3.61. The number of rotatable bonds is 7. The van der Waals surface area contributed by atoms with Gasteiger partial charge in [-0.3, -0.25) is 9.59 Å². The molecule has 1 unspecified atom stereocenters. The van der Waals surface area contributed by atoms with E-state index < -0.39 is 17.5 Å². The smallest absolute Gasteiger partial charge is 0.257 e. The Labute approximate surface area is 166 Å². The van der Waals surface area contributed by atoms with Crippen molar-refractivity contribution in [3.05, 3.63) is 89.1 Å². The summed E-state index contributed by atoms with van der Waals surface area (Å²) in [6, 6.07) is 12.7. The average molecular weight is 396 g/mol. The molecule has 29 heavy (non-hydrogen) atoms. The number of hydrogen-bond donors (Lipinski definition) is 1. The summed E-state index contributed by atoms with van der Waals surface area (Å²) in [7, 11) is 0. The zero-order valence-corrected chi connectivity index (χ0v) is 15.6. The van der Waals surface area contributed by atoms with E-state index in [2.05, 4.69) is 10.3 Å². The Morgan fingerprint density at radius 1 is 1.10 bits per heavy atom. The highest BCUT2D eigenvalue weighted by molar-refractivity contribution is 5.96. The molecule has 0 radical (unpaired) electrons. The van der Waals surface area contributed by atoms with E-state index in [1.807, 2.05) is 6.92 Å². The molecule has 0 saturated carbocycles. The fraction of sp³-hybridized carbons (Fsp3) is 0.136. The van der Waals surface area contributed by atoms with Crippen LogP contribution in [0.15, 0.2) is 60.8 Å². The topological polar surface area (TPSA) is 68.3 Å². The Morgan fingerprint density at radius 2 is 1.79 bits per heavy atom. The van der Waals surface area contributed by atoms with Gasteiger partial charge in [0, 0.05) is 5.56 Å². The number of halogens is 2. The number of nitrogens with one attached hydrogen (secondary N) is 1. The van der Waals surface area contributed by atoms with E-state index in [1.54, 1.807) is 24.3 Å². The lowest BCUT2D eigenvalue weighted by Gasteiger charge is -2.18. The van der Waals surface area contributed by atoms with Gasteiger partial charge in [-0.05, 0) is 42.3 Å². The quantitative estimate of drug-likeness (QED) is 0.580. The van der Waals surface area contributed by atoms with Gasteiger partial charge in [0.1, 0.15) is 29.2 Å². The molecule has 0 saturated heterocycles. The highest BCUT2D eigenvalue weighted by Gasteiger charge is 2.20. The number of carbonyl (C=O) groups is 2. The predicted octanol–water partition coefficient (Wildman–Crippen LogP) is 4.85. The van der Waals surface area contributed by atoms with E-state index in [-0.39, 0.29) is 23.2 Å². The first-order valence-corrected chi connectivity index (χ1v) is 8.95. The van der Waals surface area contributed by atoms with Crippen LogP contribution in [0.5, 0.6) is 11.6 Å². The normalized spacial score (nSPS) is 11.6. The molecule has 0 aliphatic heterocycles. The van der Waals surface area contributed by atoms with Gasteiger partial charge in [-0.2, -0.15) is 0 Å². The second-order valence-corrected chi connectivity index (χ2v) is 6.28. The molecule has 1 N–H and O–H groups in total. The molecule has 0 aliphatic carbocycles. The maximum atomic E-state index is 13.7. The van der Waals surface area contributed by atoms with E-state index in [4.69, 9.17) is 4.74 Å². The van der Waals surface area contributed by atoms with E-state index >= 15 is 0 Å². The molecular formula is C22H18F2N2O3. The molecule has 0 fully saturated rings. The number of aromatic nitrogens is 1. The Morgan fingerprint density at radius 3 is 2.41 bits per heavy atom.